The first-order valence-electron chi connectivity index (χ1n) is 6.47. The summed E-state index contributed by atoms with van der Waals surface area (Å²) < 4.78 is 0. The van der Waals surface area contributed by atoms with E-state index in [0.29, 0.717) is 10.9 Å². The van der Waals surface area contributed by atoms with E-state index in [-0.39, 0.29) is 0 Å². The average Bonchev–Trinajstić information content (AvgIpc) is 2.53. The second-order valence-corrected chi connectivity index (χ2v) is 7.06. The van der Waals surface area contributed by atoms with Crippen LogP contribution in [-0.2, 0) is 0 Å². The minimum absolute atomic E-state index is 0.372. The van der Waals surface area contributed by atoms with E-state index in [1.807, 2.05) is 47.8 Å². The lowest BCUT2D eigenvalue weighted by Gasteiger charge is -2.22. The van der Waals surface area contributed by atoms with Crippen LogP contribution in [0.1, 0.15) is 5.69 Å². The van der Waals surface area contributed by atoms with Crippen molar-refractivity contribution >= 4 is 40.1 Å². The lowest BCUT2D eigenvalue weighted by atomic mass is 10.1. The maximum absolute atomic E-state index is 9.21. The molecule has 0 aliphatic carbocycles. The molecule has 0 bridgehead atoms. The molecule has 1 aliphatic heterocycles. The van der Waals surface area contributed by atoms with Gasteiger partial charge in [0.2, 0.25) is 0 Å². The molecule has 1 fully saturated rings. The first-order chi connectivity index (χ1) is 9.88. The highest BCUT2D eigenvalue weighted by atomic mass is 32.2. The third kappa shape index (κ3) is 2.84. The predicted molar refractivity (Wildman–Crippen MR) is 86.3 cm³/mol. The van der Waals surface area contributed by atoms with Crippen molar-refractivity contribution in [2.45, 2.75) is 5.25 Å². The van der Waals surface area contributed by atoms with Gasteiger partial charge in [0.1, 0.15) is 6.07 Å². The largest absolute Gasteiger partial charge is 0.381 e. The van der Waals surface area contributed by atoms with Crippen molar-refractivity contribution in [2.24, 2.45) is 0 Å². The zero-order chi connectivity index (χ0) is 13.8. The Balaban J connectivity index is 1.87. The molecule has 1 unspecified atom stereocenters. The minimum Gasteiger partial charge on any atom is -0.381 e. The highest BCUT2D eigenvalue weighted by molar-refractivity contribution is 8.06. The topological polar surface area (TPSA) is 61.6 Å². The fourth-order valence-corrected chi connectivity index (χ4v) is 4.79. The quantitative estimate of drug-likeness (QED) is 0.940. The van der Waals surface area contributed by atoms with E-state index in [2.05, 4.69) is 21.6 Å². The van der Waals surface area contributed by atoms with Crippen LogP contribution in [0.15, 0.2) is 24.3 Å². The number of hydrogen-bond acceptors (Lipinski definition) is 6. The van der Waals surface area contributed by atoms with Crippen LogP contribution in [-0.4, -0.2) is 39.3 Å². The zero-order valence-corrected chi connectivity index (χ0v) is 12.5. The smallest absolute Gasteiger partial charge is 0.186 e. The summed E-state index contributed by atoms with van der Waals surface area (Å²) in [6.07, 6.45) is 0. The van der Waals surface area contributed by atoms with E-state index < -0.39 is 0 Å². The van der Waals surface area contributed by atoms with Gasteiger partial charge in [-0.25, -0.2) is 0 Å². The van der Waals surface area contributed by atoms with Gasteiger partial charge in [0, 0.05) is 34.4 Å². The summed E-state index contributed by atoms with van der Waals surface area (Å²) in [6.45, 7) is 0.863. The molecule has 1 aliphatic rings. The van der Waals surface area contributed by atoms with Crippen molar-refractivity contribution in [1.29, 1.82) is 5.26 Å². The number of aromatic nitrogens is 2. The molecule has 0 amide bonds. The van der Waals surface area contributed by atoms with Gasteiger partial charge in [0.15, 0.2) is 5.69 Å². The molecular weight excluding hydrogens is 288 g/mol. The second kappa shape index (κ2) is 6.33. The minimum atomic E-state index is 0.372. The summed E-state index contributed by atoms with van der Waals surface area (Å²) in [5.41, 5.74) is 2.01. The van der Waals surface area contributed by atoms with Crippen molar-refractivity contribution in [3.05, 3.63) is 30.0 Å². The van der Waals surface area contributed by atoms with Gasteiger partial charge >= 0.3 is 0 Å². The normalized spacial score (nSPS) is 18.6. The molecule has 0 spiro atoms. The Bertz CT molecular complexity index is 647. The summed E-state index contributed by atoms with van der Waals surface area (Å²) in [6, 6.07) is 9.92. The van der Waals surface area contributed by atoms with Gasteiger partial charge in [-0.3, -0.25) is 0 Å². The summed E-state index contributed by atoms with van der Waals surface area (Å²) in [5, 5.41) is 22.3. The van der Waals surface area contributed by atoms with Crippen LogP contribution in [0.2, 0.25) is 0 Å². The Morgan fingerprint density at radius 1 is 1.30 bits per heavy atom. The van der Waals surface area contributed by atoms with Crippen LogP contribution >= 0.6 is 23.5 Å². The van der Waals surface area contributed by atoms with E-state index in [4.69, 9.17) is 0 Å². The molecule has 1 aromatic carbocycles. The Labute approximate surface area is 126 Å². The molecule has 1 saturated heterocycles. The molecule has 2 aromatic rings. The lowest BCUT2D eigenvalue weighted by molar-refractivity contribution is 0.990. The standard InChI is InChI=1S/C14H14N4S2/c15-7-13-14(16-8-10-9-19-5-6-20-10)11-3-1-2-4-12(11)17-18-13/h1-4,10H,5-6,8-9H2,(H,16,17). The molecule has 0 radical (unpaired) electrons. The molecule has 3 rings (SSSR count). The fourth-order valence-electron chi connectivity index (χ4n) is 2.18. The van der Waals surface area contributed by atoms with Crippen LogP contribution in [0.3, 0.4) is 0 Å². The number of nitrogens with zero attached hydrogens (tertiary/aromatic N) is 3. The molecule has 2 heterocycles. The van der Waals surface area contributed by atoms with Crippen LogP contribution in [0.4, 0.5) is 5.69 Å². The maximum Gasteiger partial charge on any atom is 0.186 e. The van der Waals surface area contributed by atoms with E-state index in [1.165, 1.54) is 11.5 Å². The highest BCUT2D eigenvalue weighted by Crippen LogP contribution is 2.27. The number of anilines is 1. The highest BCUT2D eigenvalue weighted by Gasteiger charge is 2.16. The van der Waals surface area contributed by atoms with Crippen molar-refractivity contribution in [3.8, 4) is 6.07 Å². The average molecular weight is 302 g/mol. The number of thioether (sulfide) groups is 2. The summed E-state index contributed by atoms with van der Waals surface area (Å²) >= 11 is 4.00. The molecule has 0 saturated carbocycles. The predicted octanol–water partition coefficient (Wildman–Crippen LogP) is 2.76. The molecule has 6 heteroatoms. The molecule has 1 N–H and O–H groups in total. The second-order valence-electron chi connectivity index (χ2n) is 4.50. The van der Waals surface area contributed by atoms with Gasteiger partial charge in [0.05, 0.1) is 11.2 Å². The van der Waals surface area contributed by atoms with Gasteiger partial charge in [-0.2, -0.15) is 28.8 Å². The number of hydrogen-bond donors (Lipinski definition) is 1. The van der Waals surface area contributed by atoms with E-state index in [9.17, 15) is 5.26 Å². The fraction of sp³-hybridized carbons (Fsp3) is 0.357. The van der Waals surface area contributed by atoms with Crippen LogP contribution < -0.4 is 5.32 Å². The third-order valence-corrected chi connectivity index (χ3v) is 6.01. The van der Waals surface area contributed by atoms with Gasteiger partial charge < -0.3 is 5.32 Å². The van der Waals surface area contributed by atoms with Crippen LogP contribution in [0.5, 0.6) is 0 Å². The first kappa shape index (κ1) is 13.5. The number of nitrogens with one attached hydrogen (secondary N) is 1. The van der Waals surface area contributed by atoms with Crippen molar-refractivity contribution < 1.29 is 0 Å². The Morgan fingerprint density at radius 3 is 3.00 bits per heavy atom. The number of fused-ring (bicyclic) bond motifs is 1. The first-order valence-corrected chi connectivity index (χ1v) is 8.67. The number of benzene rings is 1. The van der Waals surface area contributed by atoms with Gasteiger partial charge in [-0.05, 0) is 6.07 Å². The Morgan fingerprint density at radius 2 is 2.20 bits per heavy atom. The van der Waals surface area contributed by atoms with Gasteiger partial charge in [-0.15, -0.1) is 10.2 Å². The van der Waals surface area contributed by atoms with Crippen molar-refractivity contribution in [2.75, 3.05) is 29.1 Å². The van der Waals surface area contributed by atoms with Crippen molar-refractivity contribution in [3.63, 3.8) is 0 Å². The molecule has 102 valence electrons. The number of rotatable bonds is 3. The SMILES string of the molecule is N#Cc1nnc2ccccc2c1NCC1CSCCS1. The van der Waals surface area contributed by atoms with Gasteiger partial charge in [-0.1, -0.05) is 18.2 Å². The molecule has 1 aromatic heterocycles. The van der Waals surface area contributed by atoms with Crippen LogP contribution in [0.25, 0.3) is 10.9 Å². The summed E-state index contributed by atoms with van der Waals surface area (Å²) in [7, 11) is 0. The maximum atomic E-state index is 9.21. The number of nitriles is 1. The van der Waals surface area contributed by atoms with E-state index >= 15 is 0 Å². The zero-order valence-electron chi connectivity index (χ0n) is 10.9. The van der Waals surface area contributed by atoms with Crippen molar-refractivity contribution in [1.82, 2.24) is 10.2 Å². The summed E-state index contributed by atoms with van der Waals surface area (Å²) in [5.74, 6) is 3.61. The van der Waals surface area contributed by atoms with Crippen LogP contribution in [0, 0.1) is 11.3 Å². The Hall–Kier alpha value is -1.45. The molecule has 4 nitrogen and oxygen atoms in total. The lowest BCUT2D eigenvalue weighted by Crippen LogP contribution is -2.23. The molecule has 1 atom stereocenters. The van der Waals surface area contributed by atoms with Gasteiger partial charge in [0.25, 0.3) is 0 Å². The van der Waals surface area contributed by atoms with E-state index in [0.717, 1.165) is 28.9 Å². The molecular formula is C14H14N4S2. The monoisotopic (exact) mass is 302 g/mol. The Kier molecular flexibility index (Phi) is 4.28. The van der Waals surface area contributed by atoms with E-state index in [1.54, 1.807) is 0 Å². The third-order valence-electron chi connectivity index (χ3n) is 3.17. The summed E-state index contributed by atoms with van der Waals surface area (Å²) in [4.78, 5) is 0. The molecule has 20 heavy (non-hydrogen) atoms.